The second kappa shape index (κ2) is 4.79. The summed E-state index contributed by atoms with van der Waals surface area (Å²) in [5, 5.41) is 5.95. The van der Waals surface area contributed by atoms with Crippen molar-refractivity contribution >= 4 is 17.8 Å². The quantitative estimate of drug-likeness (QED) is 0.818. The van der Waals surface area contributed by atoms with E-state index in [0.29, 0.717) is 5.92 Å². The third-order valence-electron chi connectivity index (χ3n) is 3.33. The van der Waals surface area contributed by atoms with Gasteiger partial charge < -0.3 is 5.32 Å². The third-order valence-corrected chi connectivity index (χ3v) is 3.33. The number of hydrogen-bond acceptors (Lipinski definition) is 1. The fourth-order valence-corrected chi connectivity index (χ4v) is 2.50. The van der Waals surface area contributed by atoms with E-state index in [-0.39, 0.29) is 0 Å². The summed E-state index contributed by atoms with van der Waals surface area (Å²) in [6, 6.07) is 4.35. The van der Waals surface area contributed by atoms with E-state index in [9.17, 15) is 0 Å². The van der Waals surface area contributed by atoms with Crippen LogP contribution in [0.2, 0.25) is 0 Å². The SMILES string of the molecule is C=c1ccc2c(/c1=C(/C=C\C)C(C)C)NCC2. The van der Waals surface area contributed by atoms with Gasteiger partial charge >= 0.3 is 0 Å². The zero-order valence-corrected chi connectivity index (χ0v) is 11.0. The Balaban J connectivity index is 2.85. The van der Waals surface area contributed by atoms with E-state index in [0.717, 1.165) is 18.2 Å². The van der Waals surface area contributed by atoms with Gasteiger partial charge in [-0.1, -0.05) is 44.7 Å². The van der Waals surface area contributed by atoms with Gasteiger partial charge in [-0.15, -0.1) is 0 Å². The van der Waals surface area contributed by atoms with Crippen molar-refractivity contribution in [2.45, 2.75) is 27.2 Å². The predicted molar refractivity (Wildman–Crippen MR) is 76.5 cm³/mol. The number of rotatable bonds is 2. The third kappa shape index (κ3) is 2.14. The molecule has 1 nitrogen and oxygen atoms in total. The maximum atomic E-state index is 4.19. The second-order valence-electron chi connectivity index (χ2n) is 4.92. The molecule has 1 aliphatic heterocycles. The van der Waals surface area contributed by atoms with Gasteiger partial charge in [-0.25, -0.2) is 0 Å². The molecule has 0 radical (unpaired) electrons. The van der Waals surface area contributed by atoms with Crippen LogP contribution in [0, 0.1) is 5.92 Å². The summed E-state index contributed by atoms with van der Waals surface area (Å²) in [6.45, 7) is 11.8. The van der Waals surface area contributed by atoms with Crippen LogP contribution in [0.5, 0.6) is 0 Å². The van der Waals surface area contributed by atoms with Crippen molar-refractivity contribution < 1.29 is 0 Å². The Morgan fingerprint density at radius 1 is 1.41 bits per heavy atom. The number of allylic oxidation sites excluding steroid dienone is 2. The first-order valence-corrected chi connectivity index (χ1v) is 6.36. The molecule has 0 aromatic heterocycles. The molecule has 90 valence electrons. The number of fused-ring (bicyclic) bond motifs is 1. The van der Waals surface area contributed by atoms with Crippen LogP contribution in [0.25, 0.3) is 12.2 Å². The Kier molecular flexibility index (Phi) is 3.37. The van der Waals surface area contributed by atoms with Gasteiger partial charge in [0.25, 0.3) is 0 Å². The predicted octanol–water partition coefficient (Wildman–Crippen LogP) is 2.45. The summed E-state index contributed by atoms with van der Waals surface area (Å²) >= 11 is 0. The van der Waals surface area contributed by atoms with E-state index in [1.54, 1.807) is 0 Å². The highest BCUT2D eigenvalue weighted by Gasteiger charge is 2.13. The Hall–Kier alpha value is -1.50. The molecule has 0 bridgehead atoms. The van der Waals surface area contributed by atoms with Gasteiger partial charge in [-0.3, -0.25) is 0 Å². The van der Waals surface area contributed by atoms with Crippen LogP contribution in [0.1, 0.15) is 26.3 Å². The van der Waals surface area contributed by atoms with Crippen LogP contribution in [0.15, 0.2) is 24.3 Å². The molecule has 0 amide bonds. The zero-order valence-electron chi connectivity index (χ0n) is 11.0. The molecule has 0 fully saturated rings. The minimum atomic E-state index is 0.514. The molecule has 1 aromatic carbocycles. The highest BCUT2D eigenvalue weighted by atomic mass is 14.9. The van der Waals surface area contributed by atoms with E-state index in [4.69, 9.17) is 0 Å². The van der Waals surface area contributed by atoms with Gasteiger partial charge in [0.2, 0.25) is 0 Å². The molecule has 0 saturated carbocycles. The van der Waals surface area contributed by atoms with Crippen LogP contribution >= 0.6 is 0 Å². The van der Waals surface area contributed by atoms with Crippen molar-refractivity contribution in [3.63, 3.8) is 0 Å². The lowest BCUT2D eigenvalue weighted by Gasteiger charge is -2.11. The summed E-state index contributed by atoms with van der Waals surface area (Å²) in [6.07, 6.45) is 5.46. The molecular formula is C16H21N. The van der Waals surface area contributed by atoms with Crippen LogP contribution in [-0.2, 0) is 6.42 Å². The first-order valence-electron chi connectivity index (χ1n) is 6.36. The summed E-state index contributed by atoms with van der Waals surface area (Å²) in [7, 11) is 0. The average Bonchev–Trinajstić information content (AvgIpc) is 2.74. The molecule has 1 heterocycles. The lowest BCUT2D eigenvalue weighted by atomic mass is 9.96. The fraction of sp³-hybridized carbons (Fsp3) is 0.375. The first-order chi connectivity index (χ1) is 8.15. The van der Waals surface area contributed by atoms with E-state index >= 15 is 0 Å². The van der Waals surface area contributed by atoms with Crippen LogP contribution in [0.3, 0.4) is 0 Å². The van der Waals surface area contributed by atoms with E-state index < -0.39 is 0 Å². The molecule has 2 rings (SSSR count). The van der Waals surface area contributed by atoms with Crippen molar-refractivity contribution in [2.24, 2.45) is 5.92 Å². The van der Waals surface area contributed by atoms with Gasteiger partial charge in [0.1, 0.15) is 0 Å². The molecule has 0 aliphatic carbocycles. The number of hydrogen-bond donors (Lipinski definition) is 1. The van der Waals surface area contributed by atoms with Crippen molar-refractivity contribution in [3.05, 3.63) is 40.3 Å². The minimum Gasteiger partial charge on any atom is -0.384 e. The molecule has 0 spiro atoms. The summed E-state index contributed by atoms with van der Waals surface area (Å²) in [4.78, 5) is 0. The van der Waals surface area contributed by atoms with E-state index in [2.05, 4.69) is 57.0 Å². The average molecular weight is 227 g/mol. The summed E-state index contributed by atoms with van der Waals surface area (Å²) in [5.74, 6) is 0.514. The van der Waals surface area contributed by atoms with Crippen molar-refractivity contribution in [1.82, 2.24) is 0 Å². The Morgan fingerprint density at radius 3 is 2.82 bits per heavy atom. The standard InChI is InChI=1S/C16H21N/c1-5-6-14(11(2)3)15-12(4)7-8-13-9-10-17-16(13)15/h5-8,11,17H,4,9-10H2,1-3H3/b6-5-,15-14-. The first kappa shape index (κ1) is 12.0. The zero-order chi connectivity index (χ0) is 12.4. The molecule has 1 N–H and O–H groups in total. The van der Waals surface area contributed by atoms with E-state index in [1.165, 1.54) is 22.0 Å². The monoisotopic (exact) mass is 227 g/mol. The normalized spacial score (nSPS) is 16.2. The van der Waals surface area contributed by atoms with Gasteiger partial charge in [0.15, 0.2) is 0 Å². The highest BCUT2D eigenvalue weighted by molar-refractivity contribution is 5.68. The van der Waals surface area contributed by atoms with Crippen LogP contribution in [0.4, 0.5) is 5.69 Å². The van der Waals surface area contributed by atoms with Crippen molar-refractivity contribution in [2.75, 3.05) is 11.9 Å². The fourth-order valence-electron chi connectivity index (χ4n) is 2.50. The minimum absolute atomic E-state index is 0.514. The lowest BCUT2D eigenvalue weighted by molar-refractivity contribution is 0.855. The Labute approximate surface area is 104 Å². The lowest BCUT2D eigenvalue weighted by Crippen LogP contribution is -2.29. The molecule has 1 aliphatic rings. The molecule has 0 saturated heterocycles. The molecular weight excluding hydrogens is 206 g/mol. The molecule has 0 unspecified atom stereocenters. The Bertz CT molecular complexity index is 550. The topological polar surface area (TPSA) is 12.0 Å². The van der Waals surface area contributed by atoms with Gasteiger partial charge in [-0.05, 0) is 35.6 Å². The number of anilines is 1. The summed E-state index contributed by atoms with van der Waals surface area (Å²) in [5.41, 5.74) is 4.11. The van der Waals surface area contributed by atoms with Gasteiger partial charge in [0, 0.05) is 17.5 Å². The molecule has 1 heteroatoms. The number of benzene rings is 1. The van der Waals surface area contributed by atoms with Gasteiger partial charge in [-0.2, -0.15) is 0 Å². The van der Waals surface area contributed by atoms with Gasteiger partial charge in [0.05, 0.1) is 0 Å². The second-order valence-corrected chi connectivity index (χ2v) is 4.92. The van der Waals surface area contributed by atoms with E-state index in [1.807, 2.05) is 0 Å². The maximum absolute atomic E-state index is 4.19. The van der Waals surface area contributed by atoms with Crippen LogP contribution < -0.4 is 15.8 Å². The summed E-state index contributed by atoms with van der Waals surface area (Å²) < 4.78 is 0. The number of nitrogens with one attached hydrogen (secondary N) is 1. The Morgan fingerprint density at radius 2 is 2.18 bits per heavy atom. The smallest absolute Gasteiger partial charge is 0.0455 e. The largest absolute Gasteiger partial charge is 0.384 e. The van der Waals surface area contributed by atoms with Crippen molar-refractivity contribution in [1.29, 1.82) is 0 Å². The highest BCUT2D eigenvalue weighted by Crippen LogP contribution is 2.19. The maximum Gasteiger partial charge on any atom is 0.0455 e. The van der Waals surface area contributed by atoms with Crippen LogP contribution in [-0.4, -0.2) is 6.54 Å². The van der Waals surface area contributed by atoms with Crippen molar-refractivity contribution in [3.8, 4) is 0 Å². The molecule has 0 atom stereocenters. The molecule has 17 heavy (non-hydrogen) atoms. The molecule has 1 aromatic rings.